The number of hydrogen-bond donors (Lipinski definition) is 2. The monoisotopic (exact) mass is 261 g/mol. The van der Waals surface area contributed by atoms with Crippen LogP contribution in [0.5, 0.6) is 0 Å². The van der Waals surface area contributed by atoms with Crippen molar-refractivity contribution in [3.63, 3.8) is 0 Å². The number of rotatable bonds is 5. The summed E-state index contributed by atoms with van der Waals surface area (Å²) in [6, 6.07) is 8.98. The quantitative estimate of drug-likeness (QED) is 0.854. The van der Waals surface area contributed by atoms with E-state index in [1.165, 1.54) is 43.5 Å². The van der Waals surface area contributed by atoms with Crippen LogP contribution in [0.2, 0.25) is 0 Å². The van der Waals surface area contributed by atoms with Gasteiger partial charge in [-0.3, -0.25) is 0 Å². The molecule has 19 heavy (non-hydrogen) atoms. The van der Waals surface area contributed by atoms with Gasteiger partial charge in [0.25, 0.3) is 0 Å². The van der Waals surface area contributed by atoms with Crippen molar-refractivity contribution in [2.45, 2.75) is 51.6 Å². The molecule has 0 saturated carbocycles. The fraction of sp³-hybridized carbons (Fsp3) is 0.647. The lowest BCUT2D eigenvalue weighted by Gasteiger charge is -2.22. The maximum Gasteiger partial charge on any atom is 0.0594 e. The summed E-state index contributed by atoms with van der Waals surface area (Å²) in [5, 5.41) is 13.2. The molecule has 1 aliphatic heterocycles. The third kappa shape index (κ3) is 5.33. The molecular formula is C17H27NO. The second-order valence-electron chi connectivity index (χ2n) is 6.53. The number of hydrogen-bond acceptors (Lipinski definition) is 2. The van der Waals surface area contributed by atoms with Crippen LogP contribution in [-0.4, -0.2) is 23.8 Å². The molecule has 1 aromatic carbocycles. The molecule has 2 heteroatoms. The van der Waals surface area contributed by atoms with E-state index < -0.39 is 5.60 Å². The standard InChI is InChI=1S/C17H27NO/c1-17(2,19)10-7-14-3-5-15(6-4-14)13-16-8-11-18-12-9-16/h3-6,16,18-19H,7-13H2,1-2H3. The minimum absolute atomic E-state index is 0.562. The Morgan fingerprint density at radius 3 is 2.26 bits per heavy atom. The Labute approximate surface area is 117 Å². The Balaban J connectivity index is 1.83. The molecule has 106 valence electrons. The summed E-state index contributed by atoms with van der Waals surface area (Å²) in [7, 11) is 0. The van der Waals surface area contributed by atoms with Crippen LogP contribution in [0.1, 0.15) is 44.2 Å². The number of benzene rings is 1. The van der Waals surface area contributed by atoms with Crippen LogP contribution < -0.4 is 5.32 Å². The van der Waals surface area contributed by atoms with E-state index in [1.807, 2.05) is 13.8 Å². The number of aryl methyl sites for hydroxylation is 1. The van der Waals surface area contributed by atoms with Crippen LogP contribution in [0.15, 0.2) is 24.3 Å². The molecule has 2 nitrogen and oxygen atoms in total. The summed E-state index contributed by atoms with van der Waals surface area (Å²) in [5.74, 6) is 0.850. The van der Waals surface area contributed by atoms with Gasteiger partial charge in [-0.25, -0.2) is 0 Å². The Kier molecular flexibility index (Phi) is 5.00. The zero-order valence-electron chi connectivity index (χ0n) is 12.3. The van der Waals surface area contributed by atoms with Gasteiger partial charge in [-0.15, -0.1) is 0 Å². The summed E-state index contributed by atoms with van der Waals surface area (Å²) in [6.45, 7) is 6.10. The first-order valence-electron chi connectivity index (χ1n) is 7.54. The average Bonchev–Trinajstić information content (AvgIpc) is 2.38. The Hall–Kier alpha value is -0.860. The van der Waals surface area contributed by atoms with Crippen molar-refractivity contribution in [1.29, 1.82) is 0 Å². The third-order valence-corrected chi connectivity index (χ3v) is 4.03. The van der Waals surface area contributed by atoms with Crippen molar-refractivity contribution >= 4 is 0 Å². The topological polar surface area (TPSA) is 32.3 Å². The Bertz CT molecular complexity index is 371. The van der Waals surface area contributed by atoms with Gasteiger partial charge >= 0.3 is 0 Å². The first kappa shape index (κ1) is 14.5. The second-order valence-corrected chi connectivity index (χ2v) is 6.53. The number of piperidine rings is 1. The van der Waals surface area contributed by atoms with E-state index in [2.05, 4.69) is 29.6 Å². The molecule has 1 saturated heterocycles. The normalized spacial score (nSPS) is 17.6. The van der Waals surface area contributed by atoms with Crippen molar-refractivity contribution < 1.29 is 5.11 Å². The molecule has 1 aliphatic rings. The highest BCUT2D eigenvalue weighted by Crippen LogP contribution is 2.19. The molecule has 0 amide bonds. The second kappa shape index (κ2) is 6.53. The van der Waals surface area contributed by atoms with Crippen molar-refractivity contribution in [3.8, 4) is 0 Å². The van der Waals surface area contributed by atoms with Gasteiger partial charge in [-0.2, -0.15) is 0 Å². The minimum Gasteiger partial charge on any atom is -0.390 e. The smallest absolute Gasteiger partial charge is 0.0594 e. The highest BCUT2D eigenvalue weighted by molar-refractivity contribution is 5.23. The van der Waals surface area contributed by atoms with E-state index in [9.17, 15) is 5.11 Å². The van der Waals surface area contributed by atoms with Crippen LogP contribution in [0.4, 0.5) is 0 Å². The van der Waals surface area contributed by atoms with Gasteiger partial charge in [-0.05, 0) is 76.1 Å². The highest BCUT2D eigenvalue weighted by atomic mass is 16.3. The van der Waals surface area contributed by atoms with Gasteiger partial charge in [-0.1, -0.05) is 24.3 Å². The van der Waals surface area contributed by atoms with Gasteiger partial charge in [0.2, 0.25) is 0 Å². The highest BCUT2D eigenvalue weighted by Gasteiger charge is 2.14. The maximum atomic E-state index is 9.74. The predicted molar refractivity (Wildman–Crippen MR) is 80.4 cm³/mol. The van der Waals surface area contributed by atoms with E-state index in [4.69, 9.17) is 0 Å². The Morgan fingerprint density at radius 2 is 1.68 bits per heavy atom. The lowest BCUT2D eigenvalue weighted by Crippen LogP contribution is -2.28. The Morgan fingerprint density at radius 1 is 1.11 bits per heavy atom. The fourth-order valence-corrected chi connectivity index (χ4v) is 2.71. The molecule has 0 bridgehead atoms. The van der Waals surface area contributed by atoms with Crippen LogP contribution in [0.3, 0.4) is 0 Å². The molecular weight excluding hydrogens is 234 g/mol. The van der Waals surface area contributed by atoms with Gasteiger partial charge in [0.1, 0.15) is 0 Å². The fourth-order valence-electron chi connectivity index (χ4n) is 2.71. The van der Waals surface area contributed by atoms with Gasteiger partial charge in [0, 0.05) is 0 Å². The SMILES string of the molecule is CC(C)(O)CCc1ccc(CC2CCNCC2)cc1. The summed E-state index contributed by atoms with van der Waals surface area (Å²) in [5.41, 5.74) is 2.23. The molecule has 2 N–H and O–H groups in total. The molecule has 1 fully saturated rings. The molecule has 1 aromatic rings. The summed E-state index contributed by atoms with van der Waals surface area (Å²) >= 11 is 0. The first-order chi connectivity index (χ1) is 9.03. The molecule has 0 unspecified atom stereocenters. The number of aliphatic hydroxyl groups is 1. The van der Waals surface area contributed by atoms with E-state index in [0.29, 0.717) is 0 Å². The van der Waals surface area contributed by atoms with Gasteiger partial charge in [0.05, 0.1) is 5.60 Å². The summed E-state index contributed by atoms with van der Waals surface area (Å²) < 4.78 is 0. The number of nitrogens with one attached hydrogen (secondary N) is 1. The molecule has 1 heterocycles. The predicted octanol–water partition coefficient (Wildman–Crippen LogP) is 2.93. The van der Waals surface area contributed by atoms with E-state index in [0.717, 1.165) is 18.8 Å². The van der Waals surface area contributed by atoms with E-state index >= 15 is 0 Å². The van der Waals surface area contributed by atoms with Crippen LogP contribution in [0.25, 0.3) is 0 Å². The average molecular weight is 261 g/mol. The first-order valence-corrected chi connectivity index (χ1v) is 7.54. The molecule has 0 spiro atoms. The summed E-state index contributed by atoms with van der Waals surface area (Å²) in [4.78, 5) is 0. The summed E-state index contributed by atoms with van der Waals surface area (Å²) in [6.07, 6.45) is 5.60. The zero-order valence-corrected chi connectivity index (χ0v) is 12.3. The van der Waals surface area contributed by atoms with Crippen LogP contribution in [-0.2, 0) is 12.8 Å². The van der Waals surface area contributed by atoms with Crippen molar-refractivity contribution in [3.05, 3.63) is 35.4 Å². The lowest BCUT2D eigenvalue weighted by atomic mass is 9.90. The molecule has 0 radical (unpaired) electrons. The maximum absolute atomic E-state index is 9.74. The lowest BCUT2D eigenvalue weighted by molar-refractivity contribution is 0.0714. The molecule has 0 atom stereocenters. The van der Waals surface area contributed by atoms with E-state index in [-0.39, 0.29) is 0 Å². The third-order valence-electron chi connectivity index (χ3n) is 4.03. The van der Waals surface area contributed by atoms with Crippen molar-refractivity contribution in [2.24, 2.45) is 5.92 Å². The molecule has 0 aliphatic carbocycles. The van der Waals surface area contributed by atoms with Crippen LogP contribution in [0, 0.1) is 5.92 Å². The van der Waals surface area contributed by atoms with Gasteiger partial charge < -0.3 is 10.4 Å². The van der Waals surface area contributed by atoms with E-state index in [1.54, 1.807) is 0 Å². The van der Waals surface area contributed by atoms with Crippen LogP contribution >= 0.6 is 0 Å². The molecule has 0 aromatic heterocycles. The van der Waals surface area contributed by atoms with Crippen molar-refractivity contribution in [2.75, 3.05) is 13.1 Å². The minimum atomic E-state index is -0.562. The zero-order chi connectivity index (χ0) is 13.7. The van der Waals surface area contributed by atoms with Crippen molar-refractivity contribution in [1.82, 2.24) is 5.32 Å². The largest absolute Gasteiger partial charge is 0.390 e. The van der Waals surface area contributed by atoms with Gasteiger partial charge in [0.15, 0.2) is 0 Å². The molecule has 2 rings (SSSR count).